The van der Waals surface area contributed by atoms with E-state index in [0.717, 1.165) is 0 Å². The maximum Gasteiger partial charge on any atom is 0.301 e. The molecule has 0 aliphatic heterocycles. The highest BCUT2D eigenvalue weighted by atomic mass is 32.2. The van der Waals surface area contributed by atoms with Crippen LogP contribution in [-0.2, 0) is 10.8 Å². The average Bonchev–Trinajstić information content (AvgIpc) is 2.71. The molecule has 0 aromatic carbocycles. The van der Waals surface area contributed by atoms with Gasteiger partial charge >= 0.3 is 6.08 Å². The summed E-state index contributed by atoms with van der Waals surface area (Å²) in [5.74, 6) is -1.52. The molecule has 0 aliphatic rings. The summed E-state index contributed by atoms with van der Waals surface area (Å²) in [6.07, 6.45) is 3.06. The fourth-order valence-corrected chi connectivity index (χ4v) is 0.970. The molecular weight excluding hydrogens is 231 g/mol. The van der Waals surface area contributed by atoms with Crippen LogP contribution in [0.15, 0.2) is 35.2 Å². The summed E-state index contributed by atoms with van der Waals surface area (Å²) < 4.78 is 49.2. The molecule has 0 radical (unpaired) electrons. The lowest BCUT2D eigenvalue weighted by molar-refractivity contribution is 0.373. The summed E-state index contributed by atoms with van der Waals surface area (Å²) in [5.41, 5.74) is 0. The Hall–Kier alpha value is -1.11. The average molecular weight is 241 g/mol. The van der Waals surface area contributed by atoms with Crippen molar-refractivity contribution in [2.24, 2.45) is 0 Å². The van der Waals surface area contributed by atoms with Crippen LogP contribution in [0.4, 0.5) is 13.2 Å². The molecule has 86 valence electrons. The Morgan fingerprint density at radius 2 is 2.13 bits per heavy atom. The Morgan fingerprint density at radius 3 is 2.40 bits per heavy atom. The molecule has 0 spiro atoms. The second-order valence-electron chi connectivity index (χ2n) is 2.37. The summed E-state index contributed by atoms with van der Waals surface area (Å²) >= 11 is 0. The summed E-state index contributed by atoms with van der Waals surface area (Å²) in [6, 6.07) is 0. The highest BCUT2D eigenvalue weighted by molar-refractivity contribution is 7.84. The van der Waals surface area contributed by atoms with E-state index in [1.165, 1.54) is 18.9 Å². The monoisotopic (exact) mass is 241 g/mol. The smallest absolute Gasteiger partial charge is 0.301 e. The van der Waals surface area contributed by atoms with Crippen LogP contribution in [0.3, 0.4) is 0 Å². The normalized spacial score (nSPS) is 11.2. The summed E-state index contributed by atoms with van der Waals surface area (Å²) in [5, 5.41) is 0. The Balaban J connectivity index is 0.000000322. The van der Waals surface area contributed by atoms with Gasteiger partial charge in [-0.15, -0.1) is 0 Å². The van der Waals surface area contributed by atoms with Crippen molar-refractivity contribution >= 4 is 10.8 Å². The molecule has 0 fully saturated rings. The second kappa shape index (κ2) is 8.22. The maximum absolute atomic E-state index is 11.9. The van der Waals surface area contributed by atoms with Crippen molar-refractivity contribution in [1.29, 1.82) is 0 Å². The van der Waals surface area contributed by atoms with Crippen molar-refractivity contribution in [2.45, 2.75) is 6.42 Å². The highest BCUT2D eigenvalue weighted by Crippen LogP contribution is 2.12. The third-order valence-electron chi connectivity index (χ3n) is 1.16. The van der Waals surface area contributed by atoms with Crippen molar-refractivity contribution < 1.29 is 21.8 Å². The maximum atomic E-state index is 11.9. The van der Waals surface area contributed by atoms with Crippen LogP contribution in [0.25, 0.3) is 0 Å². The van der Waals surface area contributed by atoms with Crippen molar-refractivity contribution in [2.75, 3.05) is 12.0 Å². The fraction of sp³-hybridized carbons (Fsp3) is 0.375. The van der Waals surface area contributed by atoms with E-state index in [1.54, 1.807) is 6.20 Å². The quantitative estimate of drug-likeness (QED) is 0.816. The standard InChI is InChI=1S/C5H7F3OS.C3H3NO/c1-10(9)3-2-4(6)5(7)8;1-2-5-3-4-1/h2-3H2,1H3;1-3H. The molecule has 0 saturated carbocycles. The Labute approximate surface area is 87.5 Å². The fourth-order valence-electron chi connectivity index (χ4n) is 0.504. The molecule has 1 aromatic rings. The Morgan fingerprint density at radius 1 is 1.47 bits per heavy atom. The number of hydrogen-bond donors (Lipinski definition) is 0. The number of nitrogens with zero attached hydrogens (tertiary/aromatic N) is 1. The van der Waals surface area contributed by atoms with Crippen LogP contribution in [0.5, 0.6) is 0 Å². The minimum atomic E-state index is -2.31. The minimum absolute atomic E-state index is 0.0524. The lowest BCUT2D eigenvalue weighted by Gasteiger charge is -1.91. The first kappa shape index (κ1) is 13.9. The third kappa shape index (κ3) is 9.20. The van der Waals surface area contributed by atoms with E-state index in [-0.39, 0.29) is 5.75 Å². The first-order valence-corrected chi connectivity index (χ1v) is 5.58. The predicted octanol–water partition coefficient (Wildman–Crippen LogP) is 2.51. The molecule has 1 heterocycles. The van der Waals surface area contributed by atoms with Crippen molar-refractivity contribution in [3.8, 4) is 0 Å². The van der Waals surface area contributed by atoms with Crippen molar-refractivity contribution in [1.82, 2.24) is 4.98 Å². The first-order chi connectivity index (χ1) is 7.04. The lowest BCUT2D eigenvalue weighted by atomic mass is 10.4. The molecule has 1 rings (SSSR count). The van der Waals surface area contributed by atoms with Crippen molar-refractivity contribution in [3.05, 3.63) is 30.8 Å². The van der Waals surface area contributed by atoms with E-state index in [0.29, 0.717) is 0 Å². The number of halogens is 3. The van der Waals surface area contributed by atoms with Gasteiger partial charge in [-0.05, 0) is 0 Å². The molecular formula is C8H10F3NO2S. The molecule has 0 bridgehead atoms. The van der Waals surface area contributed by atoms with Crippen LogP contribution >= 0.6 is 0 Å². The third-order valence-corrected chi connectivity index (χ3v) is 1.94. The van der Waals surface area contributed by atoms with E-state index in [4.69, 9.17) is 0 Å². The largest absolute Gasteiger partial charge is 0.452 e. The molecule has 0 N–H and O–H groups in total. The van der Waals surface area contributed by atoms with Crippen LogP contribution in [0.1, 0.15) is 6.42 Å². The molecule has 0 aliphatic carbocycles. The van der Waals surface area contributed by atoms with Gasteiger partial charge in [-0.1, -0.05) is 0 Å². The summed E-state index contributed by atoms with van der Waals surface area (Å²) in [7, 11) is -1.21. The van der Waals surface area contributed by atoms with E-state index >= 15 is 0 Å². The van der Waals surface area contributed by atoms with E-state index in [2.05, 4.69) is 9.40 Å². The predicted molar refractivity (Wildman–Crippen MR) is 50.4 cm³/mol. The van der Waals surface area contributed by atoms with Crippen LogP contribution in [-0.4, -0.2) is 21.2 Å². The van der Waals surface area contributed by atoms with Gasteiger partial charge in [-0.2, -0.15) is 8.78 Å². The summed E-state index contributed by atoms with van der Waals surface area (Å²) in [4.78, 5) is 3.56. The zero-order valence-corrected chi connectivity index (χ0v) is 8.77. The second-order valence-corrected chi connectivity index (χ2v) is 3.92. The molecule has 0 amide bonds. The molecule has 1 aromatic heterocycles. The number of rotatable bonds is 3. The van der Waals surface area contributed by atoms with Crippen LogP contribution in [0, 0.1) is 0 Å². The van der Waals surface area contributed by atoms with Gasteiger partial charge in [-0.25, -0.2) is 9.37 Å². The van der Waals surface area contributed by atoms with Gasteiger partial charge in [0.25, 0.3) is 0 Å². The topological polar surface area (TPSA) is 43.1 Å². The van der Waals surface area contributed by atoms with Gasteiger partial charge in [0.05, 0.1) is 6.20 Å². The van der Waals surface area contributed by atoms with E-state index in [9.17, 15) is 17.4 Å². The zero-order chi connectivity index (χ0) is 11.7. The van der Waals surface area contributed by atoms with Gasteiger partial charge in [0.15, 0.2) is 12.2 Å². The Bertz CT molecular complexity index is 292. The van der Waals surface area contributed by atoms with Crippen LogP contribution < -0.4 is 0 Å². The zero-order valence-electron chi connectivity index (χ0n) is 7.95. The number of oxazole rings is 1. The van der Waals surface area contributed by atoms with Gasteiger partial charge in [0, 0.05) is 29.2 Å². The summed E-state index contributed by atoms with van der Waals surface area (Å²) in [6.45, 7) is 0. The minimum Gasteiger partial charge on any atom is -0.452 e. The van der Waals surface area contributed by atoms with Gasteiger partial charge in [0.2, 0.25) is 0 Å². The number of hydrogen-bond acceptors (Lipinski definition) is 3. The molecule has 1 unspecified atom stereocenters. The number of aromatic nitrogens is 1. The highest BCUT2D eigenvalue weighted by Gasteiger charge is 2.04. The molecule has 7 heteroatoms. The number of allylic oxidation sites excluding steroid dienone is 1. The molecule has 3 nitrogen and oxygen atoms in total. The van der Waals surface area contributed by atoms with Gasteiger partial charge in [0.1, 0.15) is 6.26 Å². The van der Waals surface area contributed by atoms with Crippen molar-refractivity contribution in [3.63, 3.8) is 0 Å². The molecule has 15 heavy (non-hydrogen) atoms. The molecule has 1 atom stereocenters. The van der Waals surface area contributed by atoms with E-state index < -0.39 is 29.1 Å². The first-order valence-electron chi connectivity index (χ1n) is 3.86. The lowest BCUT2D eigenvalue weighted by Crippen LogP contribution is -1.94. The van der Waals surface area contributed by atoms with E-state index in [1.807, 2.05) is 0 Å². The SMILES string of the molecule is CS(=O)CCC(F)=C(F)F.c1cocn1. The van der Waals surface area contributed by atoms with Gasteiger partial charge < -0.3 is 4.42 Å². The van der Waals surface area contributed by atoms with Crippen LogP contribution in [0.2, 0.25) is 0 Å². The molecule has 0 saturated heterocycles. The van der Waals surface area contributed by atoms with Gasteiger partial charge in [-0.3, -0.25) is 4.21 Å². The Kier molecular flexibility index (Phi) is 7.61.